The Morgan fingerprint density at radius 1 is 0.972 bits per heavy atom. The summed E-state index contributed by atoms with van der Waals surface area (Å²) in [6.07, 6.45) is 0.536. The standard InChI is InChI=1S/C30H29FN2O3/c1-21-9-5-7-13-25(21)30(18-28(35)33(29(30)36)19-22-10-3-2-4-11-22)17-27(34)32-16-15-23(20-32)24-12-6-8-14-26(24)31/h2-14,23H,15-20H2,1H3/t23-,30-/m1/s1. The zero-order valence-corrected chi connectivity index (χ0v) is 20.3. The molecule has 2 heterocycles. The number of hydrogen-bond acceptors (Lipinski definition) is 3. The molecule has 0 aliphatic carbocycles. The van der Waals surface area contributed by atoms with Crippen molar-refractivity contribution in [1.29, 1.82) is 0 Å². The van der Waals surface area contributed by atoms with Crippen LogP contribution in [0.2, 0.25) is 0 Å². The molecule has 0 aromatic heterocycles. The Morgan fingerprint density at radius 3 is 2.42 bits per heavy atom. The fraction of sp³-hybridized carbons (Fsp3) is 0.300. The highest BCUT2D eigenvalue weighted by Gasteiger charge is 2.54. The maximum absolute atomic E-state index is 14.3. The summed E-state index contributed by atoms with van der Waals surface area (Å²) in [4.78, 5) is 43.8. The second-order valence-corrected chi connectivity index (χ2v) is 9.87. The maximum atomic E-state index is 14.3. The topological polar surface area (TPSA) is 57.7 Å². The minimum atomic E-state index is -1.25. The van der Waals surface area contributed by atoms with E-state index in [1.54, 1.807) is 23.1 Å². The molecule has 2 aliphatic rings. The molecule has 5 nitrogen and oxygen atoms in total. The molecule has 2 fully saturated rings. The Hall–Kier alpha value is -3.80. The van der Waals surface area contributed by atoms with Gasteiger partial charge in [-0.25, -0.2) is 4.39 Å². The predicted molar refractivity (Wildman–Crippen MR) is 134 cm³/mol. The highest BCUT2D eigenvalue weighted by Crippen LogP contribution is 2.43. The summed E-state index contributed by atoms with van der Waals surface area (Å²) in [5.74, 6) is -1.13. The van der Waals surface area contributed by atoms with Gasteiger partial charge in [0.25, 0.3) is 0 Å². The van der Waals surface area contributed by atoms with E-state index in [9.17, 15) is 18.8 Å². The first kappa shape index (κ1) is 23.9. The van der Waals surface area contributed by atoms with E-state index < -0.39 is 5.41 Å². The van der Waals surface area contributed by atoms with E-state index in [1.807, 2.05) is 61.5 Å². The van der Waals surface area contributed by atoms with Crippen molar-refractivity contribution >= 4 is 17.7 Å². The third-order valence-corrected chi connectivity index (χ3v) is 7.59. The first-order valence-electron chi connectivity index (χ1n) is 12.4. The number of hydrogen-bond donors (Lipinski definition) is 0. The largest absolute Gasteiger partial charge is 0.342 e. The van der Waals surface area contributed by atoms with Gasteiger partial charge in [-0.1, -0.05) is 72.8 Å². The van der Waals surface area contributed by atoms with Crippen molar-refractivity contribution in [2.75, 3.05) is 13.1 Å². The zero-order valence-electron chi connectivity index (χ0n) is 20.3. The molecule has 36 heavy (non-hydrogen) atoms. The average molecular weight is 485 g/mol. The van der Waals surface area contributed by atoms with Gasteiger partial charge in [0.2, 0.25) is 17.7 Å². The molecule has 0 N–H and O–H groups in total. The summed E-state index contributed by atoms with van der Waals surface area (Å²) in [6, 6.07) is 23.6. The molecule has 0 bridgehead atoms. The second-order valence-electron chi connectivity index (χ2n) is 9.87. The minimum absolute atomic E-state index is 0.0418. The fourth-order valence-corrected chi connectivity index (χ4v) is 5.70. The number of imide groups is 1. The monoisotopic (exact) mass is 484 g/mol. The summed E-state index contributed by atoms with van der Waals surface area (Å²) < 4.78 is 14.3. The third kappa shape index (κ3) is 4.32. The van der Waals surface area contributed by atoms with Crippen LogP contribution in [0.4, 0.5) is 4.39 Å². The van der Waals surface area contributed by atoms with E-state index in [2.05, 4.69) is 0 Å². The molecule has 184 valence electrons. The lowest BCUT2D eigenvalue weighted by Crippen LogP contribution is -2.43. The van der Waals surface area contributed by atoms with Crippen LogP contribution in [0.1, 0.15) is 47.4 Å². The molecule has 5 rings (SSSR count). The summed E-state index contributed by atoms with van der Waals surface area (Å²) >= 11 is 0. The first-order valence-corrected chi connectivity index (χ1v) is 12.4. The number of benzene rings is 3. The van der Waals surface area contributed by atoms with Crippen LogP contribution >= 0.6 is 0 Å². The van der Waals surface area contributed by atoms with Gasteiger partial charge in [-0.15, -0.1) is 0 Å². The Kier molecular flexibility index (Phi) is 6.44. The van der Waals surface area contributed by atoms with E-state index in [0.717, 1.165) is 16.7 Å². The van der Waals surface area contributed by atoms with Crippen LogP contribution in [0.5, 0.6) is 0 Å². The molecule has 2 atom stereocenters. The number of nitrogens with zero attached hydrogens (tertiary/aromatic N) is 2. The SMILES string of the molecule is Cc1ccccc1[C@@]1(CC(=O)N2CC[C@@H](c3ccccc3F)C2)CC(=O)N(Cc2ccccc2)C1=O. The van der Waals surface area contributed by atoms with Crippen LogP contribution in [-0.2, 0) is 26.3 Å². The van der Waals surface area contributed by atoms with E-state index in [4.69, 9.17) is 0 Å². The maximum Gasteiger partial charge on any atom is 0.241 e. The lowest BCUT2D eigenvalue weighted by atomic mass is 9.74. The molecule has 0 radical (unpaired) electrons. The van der Waals surface area contributed by atoms with E-state index in [-0.39, 0.29) is 48.8 Å². The van der Waals surface area contributed by atoms with Gasteiger partial charge < -0.3 is 4.90 Å². The van der Waals surface area contributed by atoms with Gasteiger partial charge in [0.15, 0.2) is 0 Å². The van der Waals surface area contributed by atoms with Crippen LogP contribution in [0.25, 0.3) is 0 Å². The van der Waals surface area contributed by atoms with E-state index in [0.29, 0.717) is 25.1 Å². The molecule has 2 saturated heterocycles. The number of carbonyl (C=O) groups excluding carboxylic acids is 3. The van der Waals surface area contributed by atoms with Crippen molar-refractivity contribution in [1.82, 2.24) is 9.80 Å². The van der Waals surface area contributed by atoms with Crippen molar-refractivity contribution in [2.24, 2.45) is 0 Å². The Labute approximate surface area is 210 Å². The van der Waals surface area contributed by atoms with Gasteiger partial charge >= 0.3 is 0 Å². The molecule has 3 amide bonds. The Bertz CT molecular complexity index is 1310. The molecule has 6 heteroatoms. The number of halogens is 1. The van der Waals surface area contributed by atoms with Crippen LogP contribution in [0, 0.1) is 12.7 Å². The quantitative estimate of drug-likeness (QED) is 0.475. The highest BCUT2D eigenvalue weighted by molar-refractivity contribution is 6.10. The zero-order chi connectivity index (χ0) is 25.3. The smallest absolute Gasteiger partial charge is 0.241 e. The van der Waals surface area contributed by atoms with Gasteiger partial charge in [0.1, 0.15) is 5.82 Å². The van der Waals surface area contributed by atoms with Crippen LogP contribution in [0.3, 0.4) is 0 Å². The lowest BCUT2D eigenvalue weighted by molar-refractivity contribution is -0.143. The summed E-state index contributed by atoms with van der Waals surface area (Å²) in [7, 11) is 0. The van der Waals surface area contributed by atoms with Gasteiger partial charge in [0.05, 0.1) is 12.0 Å². The van der Waals surface area contributed by atoms with E-state index >= 15 is 0 Å². The molecular weight excluding hydrogens is 455 g/mol. The van der Waals surface area contributed by atoms with Gasteiger partial charge in [-0.3, -0.25) is 19.3 Å². The van der Waals surface area contributed by atoms with E-state index in [1.165, 1.54) is 11.0 Å². The fourth-order valence-electron chi connectivity index (χ4n) is 5.70. The number of likely N-dealkylation sites (tertiary alicyclic amines) is 2. The Balaban J connectivity index is 1.42. The third-order valence-electron chi connectivity index (χ3n) is 7.59. The van der Waals surface area contributed by atoms with Crippen molar-refractivity contribution < 1.29 is 18.8 Å². The summed E-state index contributed by atoms with van der Waals surface area (Å²) in [6.45, 7) is 2.99. The molecule has 0 unspecified atom stereocenters. The van der Waals surface area contributed by atoms with Crippen molar-refractivity contribution in [3.63, 3.8) is 0 Å². The molecular formula is C30H29FN2O3. The second kappa shape index (κ2) is 9.69. The van der Waals surface area contributed by atoms with Crippen molar-refractivity contribution in [2.45, 2.75) is 44.1 Å². The van der Waals surface area contributed by atoms with Crippen LogP contribution < -0.4 is 0 Å². The van der Waals surface area contributed by atoms with Gasteiger partial charge in [-0.2, -0.15) is 0 Å². The molecule has 0 saturated carbocycles. The Morgan fingerprint density at radius 2 is 1.67 bits per heavy atom. The molecule has 0 spiro atoms. The molecule has 3 aromatic rings. The highest BCUT2D eigenvalue weighted by atomic mass is 19.1. The average Bonchev–Trinajstić information content (AvgIpc) is 3.45. The number of amides is 3. The van der Waals surface area contributed by atoms with Crippen molar-refractivity contribution in [3.05, 3.63) is 107 Å². The molecule has 2 aliphatic heterocycles. The first-order chi connectivity index (χ1) is 17.4. The number of aryl methyl sites for hydroxylation is 1. The summed E-state index contributed by atoms with van der Waals surface area (Å²) in [5, 5.41) is 0. The van der Waals surface area contributed by atoms with Gasteiger partial charge in [-0.05, 0) is 41.7 Å². The minimum Gasteiger partial charge on any atom is -0.342 e. The van der Waals surface area contributed by atoms with Crippen LogP contribution in [-0.4, -0.2) is 40.6 Å². The van der Waals surface area contributed by atoms with Crippen molar-refractivity contribution in [3.8, 4) is 0 Å². The molecule has 3 aromatic carbocycles. The van der Waals surface area contributed by atoms with Crippen LogP contribution in [0.15, 0.2) is 78.9 Å². The normalized spacial score (nSPS) is 21.9. The number of rotatable bonds is 6. The predicted octanol–water partition coefficient (Wildman–Crippen LogP) is 4.74. The number of carbonyl (C=O) groups is 3. The lowest BCUT2D eigenvalue weighted by Gasteiger charge is -2.30. The van der Waals surface area contributed by atoms with Gasteiger partial charge in [0, 0.05) is 31.8 Å². The summed E-state index contributed by atoms with van der Waals surface area (Å²) in [5.41, 5.74) is 1.82.